The Kier molecular flexibility index (Phi) is 4.70. The summed E-state index contributed by atoms with van der Waals surface area (Å²) in [5.41, 5.74) is -2.19. The normalized spacial score (nSPS) is 14.9. The number of rotatable bonds is 6. The molecular weight excluding hydrogens is 330 g/mol. The van der Waals surface area contributed by atoms with E-state index in [1.807, 2.05) is 0 Å². The molecule has 0 amide bonds. The Morgan fingerprint density at radius 2 is 1.87 bits per heavy atom. The van der Waals surface area contributed by atoms with Crippen LogP contribution in [0, 0.1) is 20.2 Å². The van der Waals surface area contributed by atoms with Crippen molar-refractivity contribution in [3.63, 3.8) is 0 Å². The fourth-order valence-electron chi connectivity index (χ4n) is 1.74. The second kappa shape index (κ2) is 6.53. The molecule has 0 atom stereocenters. The molecule has 1 saturated carbocycles. The van der Waals surface area contributed by atoms with Gasteiger partial charge in [-0.05, 0) is 18.9 Å². The first-order valence-corrected chi connectivity index (χ1v) is 6.77. The molecule has 1 aromatic carbocycles. The maximum absolute atomic E-state index is 12.3. The van der Waals surface area contributed by atoms with E-state index in [1.54, 1.807) is 0 Å². The average Bonchev–Trinajstić information content (AvgIpc) is 3.30. The van der Waals surface area contributed by atoms with Gasteiger partial charge in [-0.25, -0.2) is 0 Å². The molecule has 1 N–H and O–H groups in total. The summed E-state index contributed by atoms with van der Waals surface area (Å²) in [7, 11) is 0. The highest BCUT2D eigenvalue weighted by Gasteiger charge is 2.29. The van der Waals surface area contributed by atoms with Gasteiger partial charge in [0.15, 0.2) is 0 Å². The highest BCUT2D eigenvalue weighted by molar-refractivity contribution is 6.34. The minimum absolute atomic E-state index is 0.0770. The van der Waals surface area contributed by atoms with E-state index in [1.165, 1.54) is 0 Å². The van der Waals surface area contributed by atoms with Gasteiger partial charge in [0.2, 0.25) is 5.78 Å². The molecule has 9 nitrogen and oxygen atoms in total. The molecule has 1 aromatic rings. The molecular formula is C13H10ClN3O6. The van der Waals surface area contributed by atoms with Gasteiger partial charge in [0.05, 0.1) is 33.8 Å². The lowest BCUT2D eigenvalue weighted by molar-refractivity contribution is -0.394. The second-order valence-corrected chi connectivity index (χ2v) is 5.17. The Balaban J connectivity index is 2.47. The number of benzene rings is 1. The monoisotopic (exact) mass is 339 g/mol. The SMILES string of the molecule is O=C(C(C=NC1CC1)=CO)c1cc(Cl)c([N+](=O)[O-])cc1[N+](=O)[O-]. The largest absolute Gasteiger partial charge is 0.515 e. The van der Waals surface area contributed by atoms with Crippen LogP contribution in [-0.2, 0) is 0 Å². The number of hydrogen-bond donors (Lipinski definition) is 1. The first kappa shape index (κ1) is 16.6. The number of nitrogens with zero attached hydrogens (tertiary/aromatic N) is 3. The zero-order valence-electron chi connectivity index (χ0n) is 11.5. The highest BCUT2D eigenvalue weighted by Crippen LogP contribution is 2.33. The zero-order valence-corrected chi connectivity index (χ0v) is 12.3. The van der Waals surface area contributed by atoms with Crippen LogP contribution in [0.4, 0.5) is 11.4 Å². The first-order valence-electron chi connectivity index (χ1n) is 6.39. The van der Waals surface area contributed by atoms with E-state index < -0.39 is 37.6 Å². The molecule has 1 aliphatic carbocycles. The van der Waals surface area contributed by atoms with E-state index in [0.29, 0.717) is 12.3 Å². The number of nitro groups is 2. The van der Waals surface area contributed by atoms with E-state index >= 15 is 0 Å². The molecule has 0 unspecified atom stereocenters. The van der Waals surface area contributed by atoms with Crippen molar-refractivity contribution in [1.29, 1.82) is 0 Å². The second-order valence-electron chi connectivity index (χ2n) is 4.76. The van der Waals surface area contributed by atoms with Crippen LogP contribution in [0.3, 0.4) is 0 Å². The average molecular weight is 340 g/mol. The van der Waals surface area contributed by atoms with Crippen LogP contribution in [0.5, 0.6) is 0 Å². The molecule has 0 radical (unpaired) electrons. The Morgan fingerprint density at radius 1 is 1.26 bits per heavy atom. The molecule has 0 spiro atoms. The minimum Gasteiger partial charge on any atom is -0.515 e. The molecule has 0 saturated heterocycles. The number of carbonyl (C=O) groups is 1. The molecule has 120 valence electrons. The summed E-state index contributed by atoms with van der Waals surface area (Å²) < 4.78 is 0. The number of ketones is 1. The number of aliphatic hydroxyl groups is 1. The predicted octanol–water partition coefficient (Wildman–Crippen LogP) is 3.01. The van der Waals surface area contributed by atoms with E-state index in [-0.39, 0.29) is 11.6 Å². The van der Waals surface area contributed by atoms with Crippen LogP contribution in [0.25, 0.3) is 0 Å². The molecule has 0 aliphatic heterocycles. The Labute approximate surface area is 134 Å². The predicted molar refractivity (Wildman–Crippen MR) is 81.3 cm³/mol. The number of nitro benzene ring substituents is 2. The summed E-state index contributed by atoms with van der Waals surface area (Å²) >= 11 is 5.70. The van der Waals surface area contributed by atoms with Gasteiger partial charge in [-0.3, -0.25) is 30.0 Å². The third-order valence-corrected chi connectivity index (χ3v) is 3.38. The lowest BCUT2D eigenvalue weighted by atomic mass is 10.0. The van der Waals surface area contributed by atoms with Gasteiger partial charge in [-0.2, -0.15) is 0 Å². The topological polar surface area (TPSA) is 136 Å². The van der Waals surface area contributed by atoms with E-state index in [9.17, 15) is 25.0 Å². The fraction of sp³-hybridized carbons (Fsp3) is 0.231. The van der Waals surface area contributed by atoms with Crippen molar-refractivity contribution in [2.45, 2.75) is 18.9 Å². The van der Waals surface area contributed by atoms with Crippen LogP contribution in [0.1, 0.15) is 23.2 Å². The molecule has 1 fully saturated rings. The molecule has 0 heterocycles. The van der Waals surface area contributed by atoms with Crippen molar-refractivity contribution < 1.29 is 19.7 Å². The number of halogens is 1. The molecule has 1 aliphatic rings. The maximum atomic E-state index is 12.3. The van der Waals surface area contributed by atoms with Crippen molar-refractivity contribution in [3.8, 4) is 0 Å². The van der Waals surface area contributed by atoms with Gasteiger partial charge in [0.25, 0.3) is 11.4 Å². The van der Waals surface area contributed by atoms with Crippen molar-refractivity contribution in [2.24, 2.45) is 4.99 Å². The Morgan fingerprint density at radius 3 is 2.35 bits per heavy atom. The van der Waals surface area contributed by atoms with E-state index in [2.05, 4.69) is 4.99 Å². The van der Waals surface area contributed by atoms with Gasteiger partial charge in [-0.15, -0.1) is 0 Å². The zero-order chi connectivity index (χ0) is 17.1. The summed E-state index contributed by atoms with van der Waals surface area (Å²) in [4.78, 5) is 36.4. The third-order valence-electron chi connectivity index (χ3n) is 3.08. The summed E-state index contributed by atoms with van der Waals surface area (Å²) in [5, 5.41) is 30.6. The van der Waals surface area contributed by atoms with Crippen molar-refractivity contribution >= 4 is 35.0 Å². The smallest absolute Gasteiger partial charge is 0.294 e. The van der Waals surface area contributed by atoms with Crippen molar-refractivity contribution in [2.75, 3.05) is 0 Å². The summed E-state index contributed by atoms with van der Waals surface area (Å²) in [6, 6.07) is 1.53. The quantitative estimate of drug-likeness (QED) is 0.211. The van der Waals surface area contributed by atoms with Crippen LogP contribution < -0.4 is 0 Å². The first-order chi connectivity index (χ1) is 10.8. The molecule has 0 bridgehead atoms. The van der Waals surface area contributed by atoms with E-state index in [0.717, 1.165) is 25.1 Å². The van der Waals surface area contributed by atoms with Gasteiger partial charge in [0.1, 0.15) is 10.6 Å². The number of carbonyl (C=O) groups excluding carboxylic acids is 1. The number of aliphatic imine (C=N–C) groups is 1. The van der Waals surface area contributed by atoms with Crippen LogP contribution in [-0.4, -0.2) is 33.0 Å². The Bertz CT molecular complexity index is 754. The van der Waals surface area contributed by atoms with Gasteiger partial charge in [-0.1, -0.05) is 11.6 Å². The van der Waals surface area contributed by atoms with Crippen molar-refractivity contribution in [3.05, 3.63) is 54.8 Å². The minimum atomic E-state index is -0.927. The molecule has 0 aromatic heterocycles. The number of aliphatic hydroxyl groups excluding tert-OH is 1. The van der Waals surface area contributed by atoms with E-state index in [4.69, 9.17) is 16.7 Å². The fourth-order valence-corrected chi connectivity index (χ4v) is 1.97. The van der Waals surface area contributed by atoms with Gasteiger partial charge < -0.3 is 5.11 Å². The molecule has 10 heteroatoms. The molecule has 2 rings (SSSR count). The lowest BCUT2D eigenvalue weighted by Gasteiger charge is -2.04. The summed E-state index contributed by atoms with van der Waals surface area (Å²) in [5.74, 6) is -0.902. The number of allylic oxidation sites excluding steroid dienone is 1. The van der Waals surface area contributed by atoms with Crippen LogP contribution >= 0.6 is 11.6 Å². The Hall–Kier alpha value is -2.81. The van der Waals surface area contributed by atoms with Crippen molar-refractivity contribution in [1.82, 2.24) is 0 Å². The summed E-state index contributed by atoms with van der Waals surface area (Å²) in [6.45, 7) is 0. The van der Waals surface area contributed by atoms with Crippen LogP contribution in [0.2, 0.25) is 5.02 Å². The number of hydrogen-bond acceptors (Lipinski definition) is 7. The lowest BCUT2D eigenvalue weighted by Crippen LogP contribution is -2.09. The van der Waals surface area contributed by atoms with Crippen LogP contribution in [0.15, 0.2) is 29.0 Å². The standard InChI is InChI=1S/C13H10ClN3O6/c14-10-3-9(11(16(20)21)4-12(10)17(22)23)13(19)7(6-18)5-15-8-1-2-8/h3-6,8,18H,1-2H2. The van der Waals surface area contributed by atoms with Gasteiger partial charge in [0, 0.05) is 6.21 Å². The third kappa shape index (κ3) is 3.69. The summed E-state index contributed by atoms with van der Waals surface area (Å²) in [6.07, 6.45) is 3.34. The van der Waals surface area contributed by atoms with Gasteiger partial charge >= 0.3 is 0 Å². The maximum Gasteiger partial charge on any atom is 0.294 e. The highest BCUT2D eigenvalue weighted by atomic mass is 35.5. The molecule has 23 heavy (non-hydrogen) atoms. The number of Topliss-reactive ketones (excluding diaryl/α,β-unsaturated/α-hetero) is 1.